The van der Waals surface area contributed by atoms with Gasteiger partial charge in [-0.25, -0.2) is 0 Å². The number of hydrogen-bond acceptors (Lipinski definition) is 2. The number of aliphatic hydroxyl groups excluding tert-OH is 2. The molecule has 0 aromatic heterocycles. The van der Waals surface area contributed by atoms with Crippen molar-refractivity contribution in [1.29, 1.82) is 0 Å². The Hall–Kier alpha value is -0.340. The highest BCUT2D eigenvalue weighted by atomic mass is 16.3. The van der Waals surface area contributed by atoms with E-state index in [1.165, 1.54) is 0 Å². The van der Waals surface area contributed by atoms with Gasteiger partial charge in [-0.3, -0.25) is 0 Å². The molecule has 2 heteroatoms. The van der Waals surface area contributed by atoms with E-state index in [0.29, 0.717) is 23.2 Å². The lowest BCUT2D eigenvalue weighted by molar-refractivity contribution is -0.106. The third kappa shape index (κ3) is 3.11. The van der Waals surface area contributed by atoms with Gasteiger partial charge < -0.3 is 10.2 Å². The Bertz CT molecular complexity index is 258. The second-order valence-corrected chi connectivity index (χ2v) is 6.08. The zero-order chi connectivity index (χ0) is 13.1. The van der Waals surface area contributed by atoms with Crippen molar-refractivity contribution in [2.75, 3.05) is 6.61 Å². The first-order chi connectivity index (χ1) is 7.95. The molecule has 1 aliphatic carbocycles. The van der Waals surface area contributed by atoms with E-state index < -0.39 is 0 Å². The monoisotopic (exact) mass is 240 g/mol. The Balaban J connectivity index is 2.54. The van der Waals surface area contributed by atoms with Crippen LogP contribution in [0.5, 0.6) is 0 Å². The molecule has 0 amide bonds. The van der Waals surface area contributed by atoms with Crippen molar-refractivity contribution in [1.82, 2.24) is 0 Å². The lowest BCUT2D eigenvalue weighted by atomic mass is 9.47. The quantitative estimate of drug-likeness (QED) is 0.701. The minimum Gasteiger partial charge on any atom is -0.393 e. The van der Waals surface area contributed by atoms with Crippen LogP contribution in [0.1, 0.15) is 47.0 Å². The number of rotatable bonds is 6. The summed E-state index contributed by atoms with van der Waals surface area (Å²) in [6.07, 6.45) is 6.62. The van der Waals surface area contributed by atoms with E-state index in [9.17, 15) is 5.11 Å². The van der Waals surface area contributed by atoms with E-state index in [1.807, 2.05) is 13.0 Å². The minimum atomic E-state index is -0.143. The first-order valence-electron chi connectivity index (χ1n) is 6.89. The molecule has 0 spiro atoms. The van der Waals surface area contributed by atoms with Crippen molar-refractivity contribution in [2.24, 2.45) is 23.2 Å². The van der Waals surface area contributed by atoms with Crippen LogP contribution in [0.25, 0.3) is 0 Å². The number of allylic oxidation sites excluding steroid dienone is 1. The molecule has 0 saturated heterocycles. The van der Waals surface area contributed by atoms with Crippen LogP contribution in [0.2, 0.25) is 0 Å². The molecule has 100 valence electrons. The van der Waals surface area contributed by atoms with Crippen molar-refractivity contribution in [3.05, 3.63) is 12.2 Å². The summed E-state index contributed by atoms with van der Waals surface area (Å²) in [6, 6.07) is 0. The molecule has 4 unspecified atom stereocenters. The molecule has 0 bridgehead atoms. The van der Waals surface area contributed by atoms with Crippen molar-refractivity contribution in [2.45, 2.75) is 53.1 Å². The lowest BCUT2D eigenvalue weighted by Crippen LogP contribution is -2.53. The zero-order valence-corrected chi connectivity index (χ0v) is 11.7. The average Bonchev–Trinajstić information content (AvgIpc) is 2.30. The molecule has 17 heavy (non-hydrogen) atoms. The Labute approximate surface area is 106 Å². The highest BCUT2D eigenvalue weighted by Crippen LogP contribution is 2.58. The Kier molecular flexibility index (Phi) is 5.21. The topological polar surface area (TPSA) is 40.5 Å². The van der Waals surface area contributed by atoms with Gasteiger partial charge in [0.15, 0.2) is 0 Å². The van der Waals surface area contributed by atoms with E-state index in [-0.39, 0.29) is 12.7 Å². The molecule has 2 nitrogen and oxygen atoms in total. The van der Waals surface area contributed by atoms with Crippen molar-refractivity contribution in [3.8, 4) is 0 Å². The molecule has 1 rings (SSSR count). The highest BCUT2D eigenvalue weighted by molar-refractivity contribution is 5.04. The van der Waals surface area contributed by atoms with Gasteiger partial charge >= 0.3 is 0 Å². The average molecular weight is 240 g/mol. The standard InChI is InChI=1S/C15H28O2/c1-5-12(17)10-14-11(2)13(15(14,3)4)8-6-7-9-16/h6-7,11-14,16-17H,5,8-10H2,1-4H3. The third-order valence-electron chi connectivity index (χ3n) is 4.84. The fourth-order valence-electron chi connectivity index (χ4n) is 3.61. The van der Waals surface area contributed by atoms with Crippen LogP contribution >= 0.6 is 0 Å². The smallest absolute Gasteiger partial charge is 0.0612 e. The number of aliphatic hydroxyl groups is 2. The summed E-state index contributed by atoms with van der Waals surface area (Å²) in [5.41, 5.74) is 0.315. The van der Waals surface area contributed by atoms with Gasteiger partial charge in [0.2, 0.25) is 0 Å². The van der Waals surface area contributed by atoms with Gasteiger partial charge in [0.25, 0.3) is 0 Å². The summed E-state index contributed by atoms with van der Waals surface area (Å²) in [5, 5.41) is 18.5. The predicted molar refractivity (Wildman–Crippen MR) is 71.7 cm³/mol. The van der Waals surface area contributed by atoms with E-state index >= 15 is 0 Å². The van der Waals surface area contributed by atoms with E-state index in [2.05, 4.69) is 26.8 Å². The summed E-state index contributed by atoms with van der Waals surface area (Å²) >= 11 is 0. The van der Waals surface area contributed by atoms with Crippen LogP contribution in [-0.4, -0.2) is 22.9 Å². The summed E-state index contributed by atoms with van der Waals surface area (Å²) in [4.78, 5) is 0. The Morgan fingerprint density at radius 1 is 1.24 bits per heavy atom. The first-order valence-corrected chi connectivity index (χ1v) is 6.89. The Morgan fingerprint density at radius 3 is 2.35 bits per heavy atom. The molecule has 2 N–H and O–H groups in total. The molecule has 0 aromatic rings. The molecule has 1 saturated carbocycles. The lowest BCUT2D eigenvalue weighted by Gasteiger charge is -2.58. The van der Waals surface area contributed by atoms with Crippen LogP contribution < -0.4 is 0 Å². The minimum absolute atomic E-state index is 0.138. The number of hydrogen-bond donors (Lipinski definition) is 2. The van der Waals surface area contributed by atoms with Gasteiger partial charge in [-0.2, -0.15) is 0 Å². The van der Waals surface area contributed by atoms with Gasteiger partial charge in [-0.05, 0) is 42.4 Å². The molecule has 1 aliphatic rings. The van der Waals surface area contributed by atoms with Gasteiger partial charge in [0.05, 0.1) is 12.7 Å². The molecule has 0 radical (unpaired) electrons. The van der Waals surface area contributed by atoms with Crippen LogP contribution in [0, 0.1) is 23.2 Å². The SMILES string of the molecule is CCC(O)CC1C(C)C(CC=CCO)C1(C)C. The van der Waals surface area contributed by atoms with Crippen molar-refractivity contribution in [3.63, 3.8) is 0 Å². The largest absolute Gasteiger partial charge is 0.393 e. The molecule has 0 heterocycles. The van der Waals surface area contributed by atoms with Crippen molar-refractivity contribution >= 4 is 0 Å². The maximum absolute atomic E-state index is 9.80. The summed E-state index contributed by atoms with van der Waals surface area (Å²) in [5.74, 6) is 1.99. The van der Waals surface area contributed by atoms with Crippen LogP contribution in [0.15, 0.2) is 12.2 Å². The van der Waals surface area contributed by atoms with Gasteiger partial charge in [-0.15, -0.1) is 0 Å². The van der Waals surface area contributed by atoms with E-state index in [1.54, 1.807) is 0 Å². The molecular weight excluding hydrogens is 212 g/mol. The zero-order valence-electron chi connectivity index (χ0n) is 11.7. The third-order valence-corrected chi connectivity index (χ3v) is 4.84. The predicted octanol–water partition coefficient (Wildman–Crippen LogP) is 2.99. The van der Waals surface area contributed by atoms with E-state index in [0.717, 1.165) is 19.3 Å². The summed E-state index contributed by atoms with van der Waals surface area (Å²) < 4.78 is 0. The second-order valence-electron chi connectivity index (χ2n) is 6.08. The Morgan fingerprint density at radius 2 is 1.88 bits per heavy atom. The highest BCUT2D eigenvalue weighted by Gasteiger charge is 2.52. The molecular formula is C15H28O2. The maximum atomic E-state index is 9.80. The van der Waals surface area contributed by atoms with Crippen LogP contribution in [-0.2, 0) is 0 Å². The summed E-state index contributed by atoms with van der Waals surface area (Å²) in [6.45, 7) is 9.12. The summed E-state index contributed by atoms with van der Waals surface area (Å²) in [7, 11) is 0. The van der Waals surface area contributed by atoms with Crippen LogP contribution in [0.3, 0.4) is 0 Å². The molecule has 1 fully saturated rings. The van der Waals surface area contributed by atoms with E-state index in [4.69, 9.17) is 5.11 Å². The molecule has 0 aliphatic heterocycles. The molecule has 0 aromatic carbocycles. The van der Waals surface area contributed by atoms with Gasteiger partial charge in [0.1, 0.15) is 0 Å². The van der Waals surface area contributed by atoms with Gasteiger partial charge in [0, 0.05) is 0 Å². The fraction of sp³-hybridized carbons (Fsp3) is 0.867. The first kappa shape index (κ1) is 14.7. The molecule has 4 atom stereocenters. The second kappa shape index (κ2) is 6.01. The maximum Gasteiger partial charge on any atom is 0.0612 e. The van der Waals surface area contributed by atoms with Crippen molar-refractivity contribution < 1.29 is 10.2 Å². The van der Waals surface area contributed by atoms with Crippen LogP contribution in [0.4, 0.5) is 0 Å². The fourth-order valence-corrected chi connectivity index (χ4v) is 3.61. The van der Waals surface area contributed by atoms with Gasteiger partial charge in [-0.1, -0.05) is 39.8 Å². The normalized spacial score (nSPS) is 33.6.